The predicted octanol–water partition coefficient (Wildman–Crippen LogP) is 3.00. The second-order valence-corrected chi connectivity index (χ2v) is 6.25. The van der Waals surface area contributed by atoms with Crippen LogP contribution in [0.15, 0.2) is 23.0 Å². The topological polar surface area (TPSA) is 89.1 Å². The molecule has 130 valence electrons. The molecule has 0 spiro atoms. The van der Waals surface area contributed by atoms with Gasteiger partial charge in [-0.2, -0.15) is 0 Å². The third-order valence-corrected chi connectivity index (χ3v) is 3.21. The van der Waals surface area contributed by atoms with Crippen molar-refractivity contribution in [2.24, 2.45) is 0 Å². The standard InChI is InChI=1S/C17H24N4O3/c1-6-23-12-9-8-11(10-13(12)24-7-2)18-16-19-15(22)14(20-21-16)17(3,4)5/h8-10H,6-7H2,1-5H3,(H2,18,19,21,22). The Morgan fingerprint density at radius 3 is 2.33 bits per heavy atom. The Balaban J connectivity index is 2.26. The van der Waals surface area contributed by atoms with Crippen molar-refractivity contribution in [1.82, 2.24) is 15.2 Å². The zero-order chi connectivity index (χ0) is 17.7. The SMILES string of the molecule is CCOc1ccc(Nc2nnc(C(C)(C)C)c(=O)[nH]2)cc1OCC. The lowest BCUT2D eigenvalue weighted by molar-refractivity contribution is 0.288. The van der Waals surface area contributed by atoms with E-state index in [9.17, 15) is 4.79 Å². The van der Waals surface area contributed by atoms with E-state index in [1.165, 1.54) is 0 Å². The molecule has 1 aromatic carbocycles. The van der Waals surface area contributed by atoms with Crippen LogP contribution in [-0.4, -0.2) is 28.4 Å². The van der Waals surface area contributed by atoms with Crippen LogP contribution in [0.3, 0.4) is 0 Å². The molecule has 0 amide bonds. The van der Waals surface area contributed by atoms with E-state index >= 15 is 0 Å². The van der Waals surface area contributed by atoms with E-state index in [1.54, 1.807) is 6.07 Å². The number of ether oxygens (including phenoxy) is 2. The molecule has 0 fully saturated rings. The van der Waals surface area contributed by atoms with Crippen LogP contribution in [0.4, 0.5) is 11.6 Å². The van der Waals surface area contributed by atoms with Crippen molar-refractivity contribution in [2.45, 2.75) is 40.0 Å². The van der Waals surface area contributed by atoms with Gasteiger partial charge in [-0.25, -0.2) is 0 Å². The highest BCUT2D eigenvalue weighted by Gasteiger charge is 2.20. The number of hydrogen-bond donors (Lipinski definition) is 2. The van der Waals surface area contributed by atoms with E-state index in [0.717, 1.165) is 5.69 Å². The maximum absolute atomic E-state index is 12.1. The summed E-state index contributed by atoms with van der Waals surface area (Å²) < 4.78 is 11.1. The number of rotatable bonds is 6. The molecule has 1 aromatic heterocycles. The molecule has 2 rings (SSSR count). The first-order valence-electron chi connectivity index (χ1n) is 7.99. The van der Waals surface area contributed by atoms with E-state index in [0.29, 0.717) is 30.4 Å². The van der Waals surface area contributed by atoms with E-state index in [2.05, 4.69) is 20.5 Å². The average molecular weight is 332 g/mol. The molecule has 0 saturated carbocycles. The number of benzene rings is 1. The summed E-state index contributed by atoms with van der Waals surface area (Å²) in [6, 6.07) is 5.43. The fourth-order valence-corrected chi connectivity index (χ4v) is 2.15. The zero-order valence-corrected chi connectivity index (χ0v) is 14.8. The first-order valence-corrected chi connectivity index (χ1v) is 7.99. The lowest BCUT2D eigenvalue weighted by atomic mass is 9.93. The number of hydrogen-bond acceptors (Lipinski definition) is 6. The van der Waals surface area contributed by atoms with Gasteiger partial charge in [-0.1, -0.05) is 20.8 Å². The van der Waals surface area contributed by atoms with Gasteiger partial charge in [0, 0.05) is 17.2 Å². The van der Waals surface area contributed by atoms with E-state index < -0.39 is 0 Å². The summed E-state index contributed by atoms with van der Waals surface area (Å²) in [7, 11) is 0. The lowest BCUT2D eigenvalue weighted by Crippen LogP contribution is -2.28. The van der Waals surface area contributed by atoms with Gasteiger partial charge >= 0.3 is 0 Å². The van der Waals surface area contributed by atoms with Crippen LogP contribution in [0.25, 0.3) is 0 Å². The smallest absolute Gasteiger partial charge is 0.274 e. The Morgan fingerprint density at radius 2 is 1.75 bits per heavy atom. The van der Waals surface area contributed by atoms with Crippen molar-refractivity contribution in [1.29, 1.82) is 0 Å². The summed E-state index contributed by atoms with van der Waals surface area (Å²) in [6.45, 7) is 10.7. The normalized spacial score (nSPS) is 11.2. The Labute approximate surface area is 141 Å². The third-order valence-electron chi connectivity index (χ3n) is 3.21. The molecule has 0 radical (unpaired) electrons. The van der Waals surface area contributed by atoms with Crippen LogP contribution in [0.5, 0.6) is 11.5 Å². The molecule has 0 atom stereocenters. The molecule has 1 heterocycles. The first kappa shape index (κ1) is 17.8. The summed E-state index contributed by atoms with van der Waals surface area (Å²) in [5.41, 5.74) is 0.501. The van der Waals surface area contributed by atoms with Gasteiger partial charge in [-0.05, 0) is 26.0 Å². The van der Waals surface area contributed by atoms with Crippen LogP contribution >= 0.6 is 0 Å². The second kappa shape index (κ2) is 7.33. The number of aromatic amines is 1. The minimum atomic E-state index is -0.361. The molecule has 0 saturated heterocycles. The van der Waals surface area contributed by atoms with Crippen LogP contribution in [0.2, 0.25) is 0 Å². The number of aromatic nitrogens is 3. The number of anilines is 2. The van der Waals surface area contributed by atoms with Gasteiger partial charge in [0.2, 0.25) is 5.95 Å². The first-order chi connectivity index (χ1) is 11.3. The zero-order valence-electron chi connectivity index (χ0n) is 14.8. The number of nitrogens with one attached hydrogen (secondary N) is 2. The molecular weight excluding hydrogens is 308 g/mol. The van der Waals surface area contributed by atoms with Crippen molar-refractivity contribution >= 4 is 11.6 Å². The molecule has 0 aliphatic rings. The fraction of sp³-hybridized carbons (Fsp3) is 0.471. The summed E-state index contributed by atoms with van der Waals surface area (Å²) in [5.74, 6) is 1.58. The van der Waals surface area contributed by atoms with Gasteiger partial charge in [0.25, 0.3) is 5.56 Å². The Hall–Kier alpha value is -2.57. The maximum Gasteiger partial charge on any atom is 0.274 e. The maximum atomic E-state index is 12.1. The van der Waals surface area contributed by atoms with Gasteiger partial charge in [0.15, 0.2) is 11.5 Å². The highest BCUT2D eigenvalue weighted by Crippen LogP contribution is 2.31. The van der Waals surface area contributed by atoms with E-state index in [4.69, 9.17) is 9.47 Å². The van der Waals surface area contributed by atoms with Gasteiger partial charge in [0.1, 0.15) is 5.69 Å². The molecule has 24 heavy (non-hydrogen) atoms. The molecule has 7 nitrogen and oxygen atoms in total. The van der Waals surface area contributed by atoms with Crippen molar-refractivity contribution in [3.63, 3.8) is 0 Å². The van der Waals surface area contributed by atoms with Crippen LogP contribution in [0, 0.1) is 0 Å². The van der Waals surface area contributed by atoms with Crippen LogP contribution < -0.4 is 20.3 Å². The Bertz CT molecular complexity index is 750. The Kier molecular flexibility index (Phi) is 5.43. The Morgan fingerprint density at radius 1 is 1.08 bits per heavy atom. The summed E-state index contributed by atoms with van der Waals surface area (Å²) in [6.07, 6.45) is 0. The minimum absolute atomic E-state index is 0.254. The summed E-state index contributed by atoms with van der Waals surface area (Å²) >= 11 is 0. The van der Waals surface area contributed by atoms with Crippen LogP contribution in [-0.2, 0) is 5.41 Å². The molecule has 0 aliphatic heterocycles. The van der Waals surface area contributed by atoms with Crippen LogP contribution in [0.1, 0.15) is 40.3 Å². The fourth-order valence-electron chi connectivity index (χ4n) is 2.15. The van der Waals surface area contributed by atoms with Crippen molar-refractivity contribution in [2.75, 3.05) is 18.5 Å². The van der Waals surface area contributed by atoms with Gasteiger partial charge in [0.05, 0.1) is 13.2 Å². The highest BCUT2D eigenvalue weighted by molar-refractivity contribution is 5.59. The molecule has 0 unspecified atom stereocenters. The quantitative estimate of drug-likeness (QED) is 0.845. The van der Waals surface area contributed by atoms with E-state index in [-0.39, 0.29) is 16.9 Å². The third kappa shape index (κ3) is 4.24. The summed E-state index contributed by atoms with van der Waals surface area (Å²) in [4.78, 5) is 14.9. The van der Waals surface area contributed by atoms with Crippen molar-refractivity contribution < 1.29 is 9.47 Å². The van der Waals surface area contributed by atoms with Gasteiger partial charge in [-0.15, -0.1) is 10.2 Å². The molecular formula is C17H24N4O3. The molecule has 7 heteroatoms. The van der Waals surface area contributed by atoms with Crippen molar-refractivity contribution in [3.05, 3.63) is 34.2 Å². The molecule has 2 N–H and O–H groups in total. The monoisotopic (exact) mass is 332 g/mol. The van der Waals surface area contributed by atoms with Gasteiger partial charge < -0.3 is 14.8 Å². The highest BCUT2D eigenvalue weighted by atomic mass is 16.5. The molecule has 0 aliphatic carbocycles. The van der Waals surface area contributed by atoms with E-state index in [1.807, 2.05) is 46.8 Å². The minimum Gasteiger partial charge on any atom is -0.490 e. The second-order valence-electron chi connectivity index (χ2n) is 6.25. The average Bonchev–Trinajstić information content (AvgIpc) is 2.49. The lowest BCUT2D eigenvalue weighted by Gasteiger charge is -2.16. The molecule has 2 aromatic rings. The van der Waals surface area contributed by atoms with Gasteiger partial charge in [-0.3, -0.25) is 9.78 Å². The predicted molar refractivity (Wildman–Crippen MR) is 93.4 cm³/mol. The summed E-state index contributed by atoms with van der Waals surface area (Å²) in [5, 5.41) is 11.1. The number of nitrogens with zero attached hydrogens (tertiary/aromatic N) is 2. The molecule has 0 bridgehead atoms. The van der Waals surface area contributed by atoms with Crippen molar-refractivity contribution in [3.8, 4) is 11.5 Å². The number of H-pyrrole nitrogens is 1. The largest absolute Gasteiger partial charge is 0.490 e.